The molecule has 0 radical (unpaired) electrons. The van der Waals surface area contributed by atoms with Crippen LogP contribution in [0, 0.1) is 23.2 Å². The second-order valence-corrected chi connectivity index (χ2v) is 19.9. The minimum atomic E-state index is -4.15. The number of nitrogens with one attached hydrogen (secondary N) is 3. The first-order valence-corrected chi connectivity index (χ1v) is 22.5. The number of carbonyl (C=O) groups is 4. The molecule has 2 aromatic rings. The maximum absolute atomic E-state index is 14.9. The Morgan fingerprint density at radius 1 is 1.02 bits per heavy atom. The fourth-order valence-corrected chi connectivity index (χ4v) is 10.5. The molecule has 3 saturated carbocycles. The van der Waals surface area contributed by atoms with Gasteiger partial charge >= 0.3 is 6.09 Å². The fraction of sp³-hybridized carbons (Fsp3) is 0.707. The van der Waals surface area contributed by atoms with Crippen LogP contribution in [0.3, 0.4) is 0 Å². The number of aromatic nitrogens is 2. The number of benzene rings is 1. The lowest BCUT2D eigenvalue weighted by atomic mass is 9.85. The molecule has 5 aliphatic rings. The number of nitrogens with zero attached hydrogens (tertiary/aromatic N) is 3. The number of alkyl carbamates (subject to hydrolysis) is 1. The van der Waals surface area contributed by atoms with Crippen LogP contribution in [0.25, 0.3) is 11.0 Å². The smallest absolute Gasteiger partial charge is 0.408 e. The molecule has 3 heterocycles. The minimum Gasteiger partial charge on any atom is -0.497 e. The van der Waals surface area contributed by atoms with Crippen molar-refractivity contribution >= 4 is 44.9 Å². The van der Waals surface area contributed by atoms with Gasteiger partial charge in [-0.05, 0) is 87.7 Å². The Hall–Kier alpha value is -4.35. The number of alkyl halides is 2. The summed E-state index contributed by atoms with van der Waals surface area (Å²) in [4.78, 5) is 67.9. The maximum Gasteiger partial charge on any atom is 0.408 e. The molecule has 18 heteroatoms. The van der Waals surface area contributed by atoms with Crippen LogP contribution in [0.1, 0.15) is 104 Å². The van der Waals surface area contributed by atoms with E-state index in [0.29, 0.717) is 48.2 Å². The Morgan fingerprint density at radius 2 is 1.76 bits per heavy atom. The van der Waals surface area contributed by atoms with E-state index in [0.717, 1.165) is 38.5 Å². The normalized spacial score (nSPS) is 30.6. The number of halogens is 2. The molecule has 1 aromatic heterocycles. The van der Waals surface area contributed by atoms with E-state index in [4.69, 9.17) is 24.2 Å². The molecule has 0 spiro atoms. The van der Waals surface area contributed by atoms with Crippen LogP contribution in [-0.2, 0) is 35.6 Å². The van der Waals surface area contributed by atoms with Crippen molar-refractivity contribution < 1.29 is 50.6 Å². The first-order valence-electron chi connectivity index (χ1n) is 20.9. The van der Waals surface area contributed by atoms with Gasteiger partial charge in [-0.1, -0.05) is 40.5 Å². The second-order valence-electron chi connectivity index (χ2n) is 18.0. The maximum atomic E-state index is 14.9. The van der Waals surface area contributed by atoms with E-state index in [9.17, 15) is 36.4 Å². The van der Waals surface area contributed by atoms with Crippen LogP contribution < -0.4 is 24.8 Å². The van der Waals surface area contributed by atoms with Gasteiger partial charge < -0.3 is 29.7 Å². The van der Waals surface area contributed by atoms with E-state index in [1.807, 2.05) is 10.8 Å². The summed E-state index contributed by atoms with van der Waals surface area (Å²) in [6.07, 6.45) is 1.88. The van der Waals surface area contributed by atoms with E-state index < -0.39 is 92.9 Å². The van der Waals surface area contributed by atoms with Crippen molar-refractivity contribution in [3.05, 3.63) is 23.9 Å². The van der Waals surface area contributed by atoms with Crippen molar-refractivity contribution in [2.75, 3.05) is 13.7 Å². The standard InChI is InChI=1S/C41H56F2N6O9S/c1-6-25-31-21-49(32(25)35(50)47-41(20-26(41)34(42)43)38(52)48-59(54,55)24-16-17-24)37(51)33(40(2,3)4)46-39(53)58-30-14-10-12-22(30)11-8-7-9-13-28-36(57-31)45-29-19-23(56-5)15-18-27(29)44-28/h15,18-19,22,24-26,30-34H,6-14,16-17,20-21H2,1-5H3,(H,46,53)(H,47,50)(H,48,52)/t22-,25-,26+,30-,31+,32+,33-,41-/m1/s1. The summed E-state index contributed by atoms with van der Waals surface area (Å²) in [7, 11) is -2.61. The third-order valence-electron chi connectivity index (χ3n) is 12.8. The van der Waals surface area contributed by atoms with Crippen molar-refractivity contribution in [2.45, 2.75) is 146 Å². The van der Waals surface area contributed by atoms with Gasteiger partial charge in [0.25, 0.3) is 5.91 Å². The number of fused-ring (bicyclic) bond motifs is 5. The molecule has 1 aromatic carbocycles. The molecule has 324 valence electrons. The summed E-state index contributed by atoms with van der Waals surface area (Å²) in [6.45, 7) is 6.91. The Bertz CT molecular complexity index is 2060. The predicted molar refractivity (Wildman–Crippen MR) is 211 cm³/mol. The van der Waals surface area contributed by atoms with E-state index >= 15 is 0 Å². The predicted octanol–water partition coefficient (Wildman–Crippen LogP) is 4.80. The van der Waals surface area contributed by atoms with E-state index in [1.54, 1.807) is 46.9 Å². The molecule has 2 aliphatic heterocycles. The average molecular weight is 847 g/mol. The summed E-state index contributed by atoms with van der Waals surface area (Å²) < 4.78 is 74.3. The number of sulfonamides is 1. The summed E-state index contributed by atoms with van der Waals surface area (Å²) in [5.41, 5.74) is -1.41. The van der Waals surface area contributed by atoms with Gasteiger partial charge in [-0.25, -0.2) is 32.0 Å². The van der Waals surface area contributed by atoms with Crippen LogP contribution >= 0.6 is 0 Å². The van der Waals surface area contributed by atoms with Gasteiger partial charge in [-0.15, -0.1) is 0 Å². The molecule has 3 N–H and O–H groups in total. The molecule has 59 heavy (non-hydrogen) atoms. The minimum absolute atomic E-state index is 0.166. The zero-order valence-corrected chi connectivity index (χ0v) is 35.1. The van der Waals surface area contributed by atoms with Crippen molar-refractivity contribution in [1.29, 1.82) is 0 Å². The molecule has 7 rings (SSSR count). The monoisotopic (exact) mass is 846 g/mol. The number of hydrogen-bond donors (Lipinski definition) is 3. The van der Waals surface area contributed by atoms with Crippen LogP contribution in [0.4, 0.5) is 13.6 Å². The van der Waals surface area contributed by atoms with Gasteiger partial charge in [-0.2, -0.15) is 0 Å². The van der Waals surface area contributed by atoms with Crippen LogP contribution in [-0.4, -0.2) is 102 Å². The highest BCUT2D eigenvalue weighted by Crippen LogP contribution is 2.49. The van der Waals surface area contributed by atoms with E-state index in [2.05, 4.69) is 10.6 Å². The highest BCUT2D eigenvalue weighted by atomic mass is 32.2. The number of ether oxygens (including phenoxy) is 3. The number of carbonyl (C=O) groups excluding carboxylic acids is 4. The van der Waals surface area contributed by atoms with Crippen molar-refractivity contribution in [2.24, 2.45) is 23.2 Å². The van der Waals surface area contributed by atoms with Crippen LogP contribution in [0.2, 0.25) is 0 Å². The first-order chi connectivity index (χ1) is 27.9. The second kappa shape index (κ2) is 16.6. The lowest BCUT2D eigenvalue weighted by Gasteiger charge is -2.36. The molecule has 15 nitrogen and oxygen atoms in total. The van der Waals surface area contributed by atoms with Crippen LogP contribution in [0.15, 0.2) is 18.2 Å². The molecule has 4 amide bonds. The van der Waals surface area contributed by atoms with E-state index in [1.165, 1.54) is 4.90 Å². The summed E-state index contributed by atoms with van der Waals surface area (Å²) in [5.74, 6) is -4.31. The Kier molecular flexibility index (Phi) is 12.0. The number of rotatable bonds is 8. The van der Waals surface area contributed by atoms with Gasteiger partial charge in [0.1, 0.15) is 41.3 Å². The van der Waals surface area contributed by atoms with Crippen molar-refractivity contribution in [3.63, 3.8) is 0 Å². The van der Waals surface area contributed by atoms with E-state index in [-0.39, 0.29) is 30.9 Å². The van der Waals surface area contributed by atoms with Gasteiger partial charge in [0.05, 0.1) is 35.9 Å². The number of hydrogen-bond acceptors (Lipinski definition) is 11. The van der Waals surface area contributed by atoms with Crippen molar-refractivity contribution in [1.82, 2.24) is 30.2 Å². The fourth-order valence-electron chi connectivity index (χ4n) is 9.13. The average Bonchev–Trinajstić information content (AvgIpc) is 4.09. The van der Waals surface area contributed by atoms with Gasteiger partial charge in [0.2, 0.25) is 34.1 Å². The Balaban J connectivity index is 1.28. The van der Waals surface area contributed by atoms with Crippen LogP contribution in [0.5, 0.6) is 11.6 Å². The third kappa shape index (κ3) is 8.92. The van der Waals surface area contributed by atoms with Crippen molar-refractivity contribution in [3.8, 4) is 11.6 Å². The third-order valence-corrected chi connectivity index (χ3v) is 14.6. The quantitative estimate of drug-likeness (QED) is 0.331. The van der Waals surface area contributed by atoms with Gasteiger partial charge in [0.15, 0.2) is 0 Å². The molecule has 8 atom stereocenters. The Morgan fingerprint density at radius 3 is 2.42 bits per heavy atom. The van der Waals surface area contributed by atoms with Gasteiger partial charge in [0, 0.05) is 12.0 Å². The lowest BCUT2D eigenvalue weighted by Crippen LogP contribution is -2.61. The van der Waals surface area contributed by atoms with Gasteiger partial charge in [-0.3, -0.25) is 19.1 Å². The summed E-state index contributed by atoms with van der Waals surface area (Å²) in [5, 5.41) is 4.50. The molecular formula is C41H56F2N6O9S. The topological polar surface area (TPSA) is 195 Å². The lowest BCUT2D eigenvalue weighted by molar-refractivity contribution is -0.144. The SMILES string of the molecule is CC[C@@H]1[C@@H]2CN(C(=O)[C@H](C(C)(C)C)NC(=O)O[C@@H]3CCC[C@H]3CCCCCc3nc4ccc(OC)cc4nc3O2)[C@@H]1C(=O)N[C@]1(C(=O)NS(=O)(=O)C2CC2)C[C@H]1C(F)F. The summed E-state index contributed by atoms with van der Waals surface area (Å²) >= 11 is 0. The molecule has 2 bridgehead atoms. The number of aryl methyl sites for hydroxylation is 1. The first kappa shape index (κ1) is 42.8. The molecule has 1 saturated heterocycles. The molecule has 0 unspecified atom stereocenters. The highest BCUT2D eigenvalue weighted by molar-refractivity contribution is 7.91. The number of methoxy groups -OCH3 is 1. The molecular weight excluding hydrogens is 791 g/mol. The zero-order chi connectivity index (χ0) is 42.4. The molecule has 4 fully saturated rings. The number of amides is 4. The Labute approximate surface area is 343 Å². The highest BCUT2D eigenvalue weighted by Gasteiger charge is 2.67. The largest absolute Gasteiger partial charge is 0.497 e. The molecule has 3 aliphatic carbocycles. The summed E-state index contributed by atoms with van der Waals surface area (Å²) in [6, 6.07) is 2.74. The zero-order valence-electron chi connectivity index (χ0n) is 34.3.